The molecule has 0 aliphatic carbocycles. The number of amides is 1. The monoisotopic (exact) mass is 403 g/mol. The summed E-state index contributed by atoms with van der Waals surface area (Å²) in [6.07, 6.45) is 0.949. The quantitative estimate of drug-likeness (QED) is 0.619. The van der Waals surface area contributed by atoms with Gasteiger partial charge in [0, 0.05) is 19.5 Å². The summed E-state index contributed by atoms with van der Waals surface area (Å²) in [6, 6.07) is 15.6. The Hall–Kier alpha value is -2.38. The summed E-state index contributed by atoms with van der Waals surface area (Å²) in [4.78, 5) is 14.5. The second-order valence-electron chi connectivity index (χ2n) is 6.98. The highest BCUT2D eigenvalue weighted by molar-refractivity contribution is 7.92. The van der Waals surface area contributed by atoms with Crippen LogP contribution in [0.5, 0.6) is 0 Å². The Morgan fingerprint density at radius 3 is 2.21 bits per heavy atom. The van der Waals surface area contributed by atoms with Crippen molar-refractivity contribution in [3.05, 3.63) is 60.2 Å². The second kappa shape index (κ2) is 10.2. The van der Waals surface area contributed by atoms with Crippen LogP contribution < -0.4 is 9.62 Å². The lowest BCUT2D eigenvalue weighted by Crippen LogP contribution is -2.36. The fraction of sp³-hybridized carbons (Fsp3) is 0.381. The Labute approximate surface area is 168 Å². The van der Waals surface area contributed by atoms with Gasteiger partial charge in [-0.15, -0.1) is 0 Å². The molecule has 0 saturated heterocycles. The maximum Gasteiger partial charge on any atom is 0.264 e. The summed E-state index contributed by atoms with van der Waals surface area (Å²) in [6.45, 7) is 3.46. The predicted molar refractivity (Wildman–Crippen MR) is 113 cm³/mol. The van der Waals surface area contributed by atoms with Crippen LogP contribution in [-0.4, -0.2) is 53.0 Å². The summed E-state index contributed by atoms with van der Waals surface area (Å²) in [5.41, 5.74) is 1.53. The van der Waals surface area contributed by atoms with Gasteiger partial charge in [-0.1, -0.05) is 35.9 Å². The molecular formula is C21H29N3O3S. The number of nitrogens with zero attached hydrogens (tertiary/aromatic N) is 2. The van der Waals surface area contributed by atoms with Gasteiger partial charge in [-0.3, -0.25) is 9.10 Å². The molecule has 0 saturated carbocycles. The average molecular weight is 404 g/mol. The van der Waals surface area contributed by atoms with Crippen LogP contribution in [0.25, 0.3) is 0 Å². The first kappa shape index (κ1) is 21.9. The second-order valence-corrected chi connectivity index (χ2v) is 8.84. The van der Waals surface area contributed by atoms with E-state index in [1.54, 1.807) is 48.5 Å². The topological polar surface area (TPSA) is 69.7 Å². The fourth-order valence-electron chi connectivity index (χ4n) is 2.73. The van der Waals surface area contributed by atoms with Crippen molar-refractivity contribution < 1.29 is 13.2 Å². The van der Waals surface area contributed by atoms with E-state index in [-0.39, 0.29) is 23.8 Å². The van der Waals surface area contributed by atoms with Gasteiger partial charge in [0.25, 0.3) is 10.0 Å². The number of hydrogen-bond acceptors (Lipinski definition) is 4. The molecule has 1 N–H and O–H groups in total. The van der Waals surface area contributed by atoms with Crippen LogP contribution in [0.2, 0.25) is 0 Å². The van der Waals surface area contributed by atoms with Crippen molar-refractivity contribution in [2.45, 2.75) is 24.7 Å². The van der Waals surface area contributed by atoms with Crippen LogP contribution in [0, 0.1) is 6.92 Å². The summed E-state index contributed by atoms with van der Waals surface area (Å²) in [5.74, 6) is -0.154. The molecule has 152 valence electrons. The number of carbonyl (C=O) groups is 1. The van der Waals surface area contributed by atoms with E-state index in [1.807, 2.05) is 27.1 Å². The van der Waals surface area contributed by atoms with Gasteiger partial charge in [-0.2, -0.15) is 0 Å². The number of nitrogens with one attached hydrogen (secondary N) is 1. The number of hydrogen-bond donors (Lipinski definition) is 1. The van der Waals surface area contributed by atoms with Crippen molar-refractivity contribution in [3.63, 3.8) is 0 Å². The van der Waals surface area contributed by atoms with Gasteiger partial charge in [0.2, 0.25) is 5.91 Å². The Morgan fingerprint density at radius 2 is 1.61 bits per heavy atom. The summed E-state index contributed by atoms with van der Waals surface area (Å²) in [7, 11) is 0.207. The van der Waals surface area contributed by atoms with Crippen LogP contribution in [0.15, 0.2) is 59.5 Å². The smallest absolute Gasteiger partial charge is 0.264 e. The van der Waals surface area contributed by atoms with Crippen molar-refractivity contribution >= 4 is 21.6 Å². The number of sulfonamides is 1. The SMILES string of the molecule is Cc1ccc(S(=O)(=O)N(CCC(=O)NCCCN(C)C)c2ccccc2)cc1. The number of anilines is 1. The van der Waals surface area contributed by atoms with E-state index in [4.69, 9.17) is 0 Å². The van der Waals surface area contributed by atoms with E-state index in [2.05, 4.69) is 10.2 Å². The summed E-state index contributed by atoms with van der Waals surface area (Å²) < 4.78 is 27.7. The van der Waals surface area contributed by atoms with Crippen molar-refractivity contribution in [2.24, 2.45) is 0 Å². The van der Waals surface area contributed by atoms with E-state index >= 15 is 0 Å². The first-order chi connectivity index (χ1) is 13.3. The molecule has 0 bridgehead atoms. The molecule has 0 radical (unpaired) electrons. The number of aryl methyl sites for hydroxylation is 1. The van der Waals surface area contributed by atoms with Crippen LogP contribution in [0.1, 0.15) is 18.4 Å². The van der Waals surface area contributed by atoms with E-state index < -0.39 is 10.0 Å². The van der Waals surface area contributed by atoms with Crippen molar-refractivity contribution in [1.82, 2.24) is 10.2 Å². The number of rotatable bonds is 10. The number of benzene rings is 2. The zero-order valence-corrected chi connectivity index (χ0v) is 17.6. The summed E-state index contributed by atoms with van der Waals surface area (Å²) in [5, 5.41) is 2.86. The van der Waals surface area contributed by atoms with Gasteiger partial charge in [0.1, 0.15) is 0 Å². The molecule has 7 heteroatoms. The van der Waals surface area contributed by atoms with Gasteiger partial charge in [-0.05, 0) is 58.3 Å². The first-order valence-electron chi connectivity index (χ1n) is 9.36. The largest absolute Gasteiger partial charge is 0.356 e. The normalized spacial score (nSPS) is 11.4. The molecule has 2 aromatic carbocycles. The Morgan fingerprint density at radius 1 is 0.964 bits per heavy atom. The Kier molecular flexibility index (Phi) is 8.02. The highest BCUT2D eigenvalue weighted by atomic mass is 32.2. The van der Waals surface area contributed by atoms with E-state index in [9.17, 15) is 13.2 Å². The highest BCUT2D eigenvalue weighted by Gasteiger charge is 2.25. The lowest BCUT2D eigenvalue weighted by molar-refractivity contribution is -0.120. The molecule has 2 aromatic rings. The maximum absolute atomic E-state index is 13.2. The maximum atomic E-state index is 13.2. The third kappa shape index (κ3) is 6.35. The molecule has 6 nitrogen and oxygen atoms in total. The molecule has 0 aromatic heterocycles. The fourth-order valence-corrected chi connectivity index (χ4v) is 4.20. The molecule has 0 unspecified atom stereocenters. The van der Waals surface area contributed by atoms with Crippen LogP contribution in [0.4, 0.5) is 5.69 Å². The predicted octanol–water partition coefficient (Wildman–Crippen LogP) is 2.65. The zero-order chi connectivity index (χ0) is 20.6. The molecule has 0 heterocycles. The number of para-hydroxylation sites is 1. The lowest BCUT2D eigenvalue weighted by Gasteiger charge is -2.24. The molecule has 2 rings (SSSR count). The third-order valence-electron chi connectivity index (χ3n) is 4.30. The third-order valence-corrected chi connectivity index (χ3v) is 6.14. The zero-order valence-electron chi connectivity index (χ0n) is 16.8. The minimum Gasteiger partial charge on any atom is -0.356 e. The highest BCUT2D eigenvalue weighted by Crippen LogP contribution is 2.24. The van der Waals surface area contributed by atoms with Gasteiger partial charge in [0.15, 0.2) is 0 Å². The molecule has 0 atom stereocenters. The van der Waals surface area contributed by atoms with Gasteiger partial charge in [0.05, 0.1) is 10.6 Å². The molecular weight excluding hydrogens is 374 g/mol. The molecule has 0 fully saturated rings. The van der Waals surface area contributed by atoms with Crippen LogP contribution in [-0.2, 0) is 14.8 Å². The average Bonchev–Trinajstić information content (AvgIpc) is 2.66. The van der Waals surface area contributed by atoms with E-state index in [1.165, 1.54) is 4.31 Å². The minimum absolute atomic E-state index is 0.0831. The lowest BCUT2D eigenvalue weighted by atomic mass is 10.2. The molecule has 1 amide bonds. The Bertz CT molecular complexity index is 850. The Balaban J connectivity index is 2.11. The van der Waals surface area contributed by atoms with Crippen LogP contribution >= 0.6 is 0 Å². The molecule has 0 spiro atoms. The number of carbonyl (C=O) groups excluding carboxylic acids is 1. The molecule has 28 heavy (non-hydrogen) atoms. The van der Waals surface area contributed by atoms with E-state index in [0.717, 1.165) is 18.5 Å². The first-order valence-corrected chi connectivity index (χ1v) is 10.8. The van der Waals surface area contributed by atoms with Crippen molar-refractivity contribution in [3.8, 4) is 0 Å². The minimum atomic E-state index is -3.76. The van der Waals surface area contributed by atoms with Crippen LogP contribution in [0.3, 0.4) is 0 Å². The standard InChI is InChI=1S/C21H29N3O3S/c1-18-10-12-20(13-11-18)28(26,27)24(19-8-5-4-6-9-19)17-14-21(25)22-15-7-16-23(2)3/h4-6,8-13H,7,14-17H2,1-3H3,(H,22,25). The van der Waals surface area contributed by atoms with Crippen molar-refractivity contribution in [1.29, 1.82) is 0 Å². The van der Waals surface area contributed by atoms with Gasteiger partial charge >= 0.3 is 0 Å². The summed E-state index contributed by atoms with van der Waals surface area (Å²) >= 11 is 0. The van der Waals surface area contributed by atoms with Crippen molar-refractivity contribution in [2.75, 3.05) is 38.0 Å². The molecule has 0 aliphatic heterocycles. The van der Waals surface area contributed by atoms with Gasteiger partial charge < -0.3 is 10.2 Å². The molecule has 0 aliphatic rings. The van der Waals surface area contributed by atoms with Gasteiger partial charge in [-0.25, -0.2) is 8.42 Å². The van der Waals surface area contributed by atoms with E-state index in [0.29, 0.717) is 12.2 Å².